The van der Waals surface area contributed by atoms with Crippen LogP contribution in [0.15, 0.2) is 24.3 Å². The molecular formula is C11H13N5O3. The van der Waals surface area contributed by atoms with Crippen LogP contribution in [0.1, 0.15) is 11.6 Å². The van der Waals surface area contributed by atoms with Gasteiger partial charge in [-0.05, 0) is 18.7 Å². The maximum absolute atomic E-state index is 10.5. The van der Waals surface area contributed by atoms with Crippen LogP contribution in [0.4, 0.5) is 5.69 Å². The van der Waals surface area contributed by atoms with E-state index in [0.29, 0.717) is 30.4 Å². The summed E-state index contributed by atoms with van der Waals surface area (Å²) < 4.78 is 5.43. The number of rotatable bonds is 6. The lowest BCUT2D eigenvalue weighted by atomic mass is 10.3. The van der Waals surface area contributed by atoms with Crippen molar-refractivity contribution in [1.29, 1.82) is 0 Å². The van der Waals surface area contributed by atoms with E-state index in [1.165, 1.54) is 24.3 Å². The molecule has 3 N–H and O–H groups in total. The van der Waals surface area contributed by atoms with Gasteiger partial charge in [-0.1, -0.05) is 0 Å². The van der Waals surface area contributed by atoms with Gasteiger partial charge in [0.2, 0.25) is 0 Å². The lowest BCUT2D eigenvalue weighted by molar-refractivity contribution is -0.384. The standard InChI is InChI=1S/C11H13N5O3/c12-6-5-10-13-11(15-14-10)7-19-9-3-1-8(2-4-9)16(17)18/h1-4H,5-7,12H2,(H,13,14,15). The zero-order valence-electron chi connectivity index (χ0n) is 10.1. The molecule has 0 aliphatic carbocycles. The minimum atomic E-state index is -0.459. The summed E-state index contributed by atoms with van der Waals surface area (Å²) in [6.45, 7) is 0.704. The van der Waals surface area contributed by atoms with Crippen molar-refractivity contribution in [2.75, 3.05) is 6.54 Å². The zero-order valence-corrected chi connectivity index (χ0v) is 10.1. The molecular weight excluding hydrogens is 250 g/mol. The number of hydrogen-bond acceptors (Lipinski definition) is 6. The number of aromatic amines is 1. The third kappa shape index (κ3) is 3.49. The van der Waals surface area contributed by atoms with Gasteiger partial charge in [-0.3, -0.25) is 15.2 Å². The van der Waals surface area contributed by atoms with E-state index in [4.69, 9.17) is 10.5 Å². The minimum Gasteiger partial charge on any atom is -0.486 e. The fourth-order valence-corrected chi connectivity index (χ4v) is 1.46. The Labute approximate surface area is 108 Å². The molecule has 8 heteroatoms. The molecule has 2 rings (SSSR count). The first-order valence-corrected chi connectivity index (χ1v) is 5.66. The van der Waals surface area contributed by atoms with Gasteiger partial charge >= 0.3 is 0 Å². The highest BCUT2D eigenvalue weighted by Gasteiger charge is 2.06. The first kappa shape index (κ1) is 13.0. The fourth-order valence-electron chi connectivity index (χ4n) is 1.46. The number of nitro groups is 1. The van der Waals surface area contributed by atoms with Crippen molar-refractivity contribution >= 4 is 5.69 Å². The molecule has 19 heavy (non-hydrogen) atoms. The van der Waals surface area contributed by atoms with Crippen LogP contribution in [-0.2, 0) is 13.0 Å². The summed E-state index contributed by atoms with van der Waals surface area (Å²) >= 11 is 0. The van der Waals surface area contributed by atoms with Crippen molar-refractivity contribution in [3.05, 3.63) is 46.0 Å². The number of nitro benzene ring substituents is 1. The van der Waals surface area contributed by atoms with Gasteiger partial charge in [-0.2, -0.15) is 5.10 Å². The molecule has 1 aromatic heterocycles. The first-order chi connectivity index (χ1) is 9.19. The highest BCUT2D eigenvalue weighted by Crippen LogP contribution is 2.17. The fraction of sp³-hybridized carbons (Fsp3) is 0.273. The van der Waals surface area contributed by atoms with Gasteiger partial charge < -0.3 is 10.5 Å². The molecule has 0 saturated carbocycles. The molecule has 0 fully saturated rings. The highest BCUT2D eigenvalue weighted by atomic mass is 16.6. The number of non-ortho nitro benzene ring substituents is 1. The predicted octanol–water partition coefficient (Wildman–Crippen LogP) is 0.793. The monoisotopic (exact) mass is 263 g/mol. The molecule has 0 saturated heterocycles. The second-order valence-corrected chi connectivity index (χ2v) is 3.78. The molecule has 1 aromatic carbocycles. The average Bonchev–Trinajstić information content (AvgIpc) is 2.85. The van der Waals surface area contributed by atoms with Crippen molar-refractivity contribution in [2.24, 2.45) is 5.73 Å². The summed E-state index contributed by atoms with van der Waals surface area (Å²) in [4.78, 5) is 14.2. The SMILES string of the molecule is NCCc1n[nH]c(COc2ccc([N+](=O)[O-])cc2)n1. The van der Waals surface area contributed by atoms with Gasteiger partial charge in [-0.15, -0.1) is 0 Å². The van der Waals surface area contributed by atoms with Gasteiger partial charge in [0.1, 0.15) is 12.4 Å². The first-order valence-electron chi connectivity index (χ1n) is 5.66. The second-order valence-electron chi connectivity index (χ2n) is 3.78. The largest absolute Gasteiger partial charge is 0.486 e. The Morgan fingerprint density at radius 3 is 2.74 bits per heavy atom. The Morgan fingerprint density at radius 2 is 2.11 bits per heavy atom. The van der Waals surface area contributed by atoms with Gasteiger partial charge in [0.25, 0.3) is 5.69 Å². The maximum Gasteiger partial charge on any atom is 0.269 e. The lowest BCUT2D eigenvalue weighted by Crippen LogP contribution is -2.04. The zero-order chi connectivity index (χ0) is 13.7. The molecule has 0 spiro atoms. The number of nitrogens with one attached hydrogen (secondary N) is 1. The molecule has 1 heterocycles. The Hall–Kier alpha value is -2.48. The van der Waals surface area contributed by atoms with Crippen LogP contribution in [0.25, 0.3) is 0 Å². The van der Waals surface area contributed by atoms with E-state index in [0.717, 1.165) is 0 Å². The van der Waals surface area contributed by atoms with Crippen LogP contribution in [0.2, 0.25) is 0 Å². The van der Waals surface area contributed by atoms with Crippen LogP contribution < -0.4 is 10.5 Å². The Kier molecular flexibility index (Phi) is 4.04. The Morgan fingerprint density at radius 1 is 1.37 bits per heavy atom. The molecule has 2 aromatic rings. The molecule has 0 radical (unpaired) electrons. The quantitative estimate of drug-likeness (QED) is 0.587. The summed E-state index contributed by atoms with van der Waals surface area (Å²) in [6.07, 6.45) is 0.605. The summed E-state index contributed by atoms with van der Waals surface area (Å²) in [5, 5.41) is 17.2. The van der Waals surface area contributed by atoms with E-state index < -0.39 is 4.92 Å². The van der Waals surface area contributed by atoms with E-state index in [1.54, 1.807) is 0 Å². The third-order valence-electron chi connectivity index (χ3n) is 2.37. The molecule has 100 valence electrons. The van der Waals surface area contributed by atoms with Crippen molar-refractivity contribution in [3.63, 3.8) is 0 Å². The summed E-state index contributed by atoms with van der Waals surface area (Å²) in [5.41, 5.74) is 5.42. The smallest absolute Gasteiger partial charge is 0.269 e. The van der Waals surface area contributed by atoms with Gasteiger partial charge in [0.05, 0.1) is 4.92 Å². The number of nitrogens with two attached hydrogens (primary N) is 1. The Balaban J connectivity index is 1.92. The molecule has 8 nitrogen and oxygen atoms in total. The number of H-pyrrole nitrogens is 1. The number of aromatic nitrogens is 3. The Bertz CT molecular complexity index is 552. The maximum atomic E-state index is 10.5. The summed E-state index contributed by atoms with van der Waals surface area (Å²) in [5.74, 6) is 1.76. The molecule has 0 aliphatic heterocycles. The lowest BCUT2D eigenvalue weighted by Gasteiger charge is -2.02. The predicted molar refractivity (Wildman–Crippen MR) is 66.6 cm³/mol. The van der Waals surface area contributed by atoms with E-state index in [2.05, 4.69) is 15.2 Å². The van der Waals surface area contributed by atoms with Gasteiger partial charge in [-0.25, -0.2) is 4.98 Å². The molecule has 0 aliphatic rings. The molecule has 0 unspecified atom stereocenters. The van der Waals surface area contributed by atoms with Crippen molar-refractivity contribution in [1.82, 2.24) is 15.2 Å². The van der Waals surface area contributed by atoms with E-state index >= 15 is 0 Å². The van der Waals surface area contributed by atoms with E-state index in [1.807, 2.05) is 0 Å². The molecule has 0 amide bonds. The second kappa shape index (κ2) is 5.91. The minimum absolute atomic E-state index is 0.0252. The van der Waals surface area contributed by atoms with Gasteiger partial charge in [0.15, 0.2) is 11.6 Å². The van der Waals surface area contributed by atoms with Crippen molar-refractivity contribution in [3.8, 4) is 5.75 Å². The number of hydrogen-bond donors (Lipinski definition) is 2. The number of ether oxygens (including phenoxy) is 1. The van der Waals surface area contributed by atoms with E-state index in [9.17, 15) is 10.1 Å². The third-order valence-corrected chi connectivity index (χ3v) is 2.37. The van der Waals surface area contributed by atoms with E-state index in [-0.39, 0.29) is 12.3 Å². The van der Waals surface area contributed by atoms with Gasteiger partial charge in [0, 0.05) is 18.6 Å². The highest BCUT2D eigenvalue weighted by molar-refractivity contribution is 5.35. The van der Waals surface area contributed by atoms with Crippen LogP contribution >= 0.6 is 0 Å². The van der Waals surface area contributed by atoms with Crippen LogP contribution in [-0.4, -0.2) is 26.6 Å². The number of nitrogens with zero attached hydrogens (tertiary/aromatic N) is 3. The van der Waals surface area contributed by atoms with Crippen LogP contribution in [0.3, 0.4) is 0 Å². The summed E-state index contributed by atoms with van der Waals surface area (Å²) in [6, 6.07) is 5.84. The van der Waals surface area contributed by atoms with Crippen molar-refractivity contribution in [2.45, 2.75) is 13.0 Å². The number of benzene rings is 1. The molecule has 0 bridgehead atoms. The topological polar surface area (TPSA) is 120 Å². The van der Waals surface area contributed by atoms with Crippen molar-refractivity contribution < 1.29 is 9.66 Å². The normalized spacial score (nSPS) is 10.4. The van der Waals surface area contributed by atoms with Crippen LogP contribution in [0, 0.1) is 10.1 Å². The van der Waals surface area contributed by atoms with Crippen LogP contribution in [0.5, 0.6) is 5.75 Å². The summed E-state index contributed by atoms with van der Waals surface area (Å²) in [7, 11) is 0. The average molecular weight is 263 g/mol. The molecule has 0 atom stereocenters.